The average Bonchev–Trinajstić information content (AvgIpc) is 3.20. The molecule has 41 heavy (non-hydrogen) atoms. The molecule has 0 spiro atoms. The quantitative estimate of drug-likeness (QED) is 0.165. The Morgan fingerprint density at radius 3 is 2.29 bits per heavy atom. The van der Waals surface area contributed by atoms with Gasteiger partial charge in [-0.25, -0.2) is 0 Å². The topological polar surface area (TPSA) is 57.5 Å². The molecule has 2 fully saturated rings. The lowest BCUT2D eigenvalue weighted by molar-refractivity contribution is -0.284. The normalized spacial score (nSPS) is 30.5. The summed E-state index contributed by atoms with van der Waals surface area (Å²) in [4.78, 5) is 0. The van der Waals surface area contributed by atoms with E-state index in [1.807, 2.05) is 12.1 Å². The molecule has 1 aromatic carbocycles. The predicted molar refractivity (Wildman–Crippen MR) is 153 cm³/mol. The predicted octanol–water partition coefficient (Wildman–Crippen LogP) is 8.68. The van der Waals surface area contributed by atoms with Gasteiger partial charge in [0.05, 0.1) is 6.10 Å². The number of halogens is 5. The Morgan fingerprint density at radius 2 is 1.59 bits per heavy atom. The monoisotopic (exact) mass is 606 g/mol. The third-order valence-corrected chi connectivity index (χ3v) is 12.0. The van der Waals surface area contributed by atoms with Crippen molar-refractivity contribution >= 4 is 10.8 Å². The first-order valence-electron chi connectivity index (χ1n) is 15.6. The lowest BCUT2D eigenvalue weighted by atomic mass is 9.51. The van der Waals surface area contributed by atoms with Gasteiger partial charge >= 0.3 is 12.1 Å². The highest BCUT2D eigenvalue weighted by Crippen LogP contribution is 2.63. The van der Waals surface area contributed by atoms with Gasteiger partial charge < -0.3 is 10.2 Å². The summed E-state index contributed by atoms with van der Waals surface area (Å²) in [5.41, 5.74) is 2.71. The van der Waals surface area contributed by atoms with Gasteiger partial charge in [0.15, 0.2) is 0 Å². The number of aliphatic hydroxyl groups is 1. The molecule has 3 aliphatic carbocycles. The van der Waals surface area contributed by atoms with Gasteiger partial charge in [0.25, 0.3) is 0 Å². The molecule has 1 unspecified atom stereocenters. The molecular formula is C32H47F5O3S. The number of aromatic hydroxyl groups is 1. The van der Waals surface area contributed by atoms with E-state index in [1.54, 1.807) is 0 Å². The smallest absolute Gasteiger partial charge is 0.453 e. The van der Waals surface area contributed by atoms with Crippen LogP contribution in [0.3, 0.4) is 0 Å². The largest absolute Gasteiger partial charge is 0.508 e. The summed E-state index contributed by atoms with van der Waals surface area (Å²) in [6, 6.07) is 5.92. The van der Waals surface area contributed by atoms with Crippen molar-refractivity contribution in [3.63, 3.8) is 0 Å². The van der Waals surface area contributed by atoms with Crippen LogP contribution in [-0.4, -0.2) is 44.1 Å². The maximum Gasteiger partial charge on any atom is 0.453 e. The maximum absolute atomic E-state index is 13.0. The van der Waals surface area contributed by atoms with E-state index in [1.165, 1.54) is 11.1 Å². The average molecular weight is 607 g/mol. The number of unbranched alkanes of at least 4 members (excludes halogenated alkanes) is 6. The summed E-state index contributed by atoms with van der Waals surface area (Å²) in [6.07, 6.45) is 5.95. The molecule has 3 nitrogen and oxygen atoms in total. The number of hydrogen-bond acceptors (Lipinski definition) is 3. The minimum absolute atomic E-state index is 0.000453. The highest BCUT2D eigenvalue weighted by atomic mass is 32.2. The number of aryl methyl sites for hydroxylation is 1. The molecule has 2 N–H and O–H groups in total. The number of rotatable bonds is 14. The van der Waals surface area contributed by atoms with Gasteiger partial charge in [-0.05, 0) is 104 Å². The van der Waals surface area contributed by atoms with Crippen LogP contribution in [0.2, 0.25) is 0 Å². The van der Waals surface area contributed by atoms with Crippen LogP contribution in [0.1, 0.15) is 114 Å². The second kappa shape index (κ2) is 13.6. The number of fused-ring (bicyclic) bond motifs is 5. The van der Waals surface area contributed by atoms with Crippen LogP contribution < -0.4 is 0 Å². The zero-order chi connectivity index (χ0) is 29.8. The number of hydrogen-bond donors (Lipinski definition) is 2. The number of phenols is 1. The van der Waals surface area contributed by atoms with Crippen LogP contribution in [0, 0.1) is 23.2 Å². The summed E-state index contributed by atoms with van der Waals surface area (Å²) in [6.45, 7) is 2.32. The van der Waals surface area contributed by atoms with Gasteiger partial charge in [-0.3, -0.25) is 4.21 Å². The van der Waals surface area contributed by atoms with Gasteiger partial charge in [0.1, 0.15) is 5.75 Å². The minimum atomic E-state index is -5.54. The first kappa shape index (κ1) is 32.7. The molecule has 4 rings (SSSR count). The van der Waals surface area contributed by atoms with Crippen LogP contribution in [0.15, 0.2) is 18.2 Å². The van der Waals surface area contributed by atoms with E-state index < -0.39 is 35.7 Å². The van der Waals surface area contributed by atoms with Crippen molar-refractivity contribution in [2.24, 2.45) is 23.2 Å². The zero-order valence-corrected chi connectivity index (χ0v) is 25.1. The first-order valence-corrected chi connectivity index (χ1v) is 17.1. The van der Waals surface area contributed by atoms with Gasteiger partial charge in [-0.1, -0.05) is 51.5 Å². The Morgan fingerprint density at radius 1 is 0.927 bits per heavy atom. The minimum Gasteiger partial charge on any atom is -0.508 e. The molecule has 0 bridgehead atoms. The van der Waals surface area contributed by atoms with Crippen molar-refractivity contribution in [1.29, 1.82) is 0 Å². The van der Waals surface area contributed by atoms with E-state index in [-0.39, 0.29) is 17.3 Å². The molecule has 234 valence electrons. The van der Waals surface area contributed by atoms with Crippen molar-refractivity contribution in [2.75, 3.05) is 11.5 Å². The molecule has 7 atom stereocenters. The summed E-state index contributed by atoms with van der Waals surface area (Å²) in [5.74, 6) is -1.93. The fraction of sp³-hybridized carbons (Fsp3) is 0.812. The van der Waals surface area contributed by atoms with E-state index in [4.69, 9.17) is 0 Å². The summed E-state index contributed by atoms with van der Waals surface area (Å²) < 4.78 is 74.5. The van der Waals surface area contributed by atoms with Crippen LogP contribution in [0.4, 0.5) is 22.0 Å². The Hall–Kier alpha value is -1.22. The van der Waals surface area contributed by atoms with Crippen LogP contribution >= 0.6 is 0 Å². The van der Waals surface area contributed by atoms with Crippen LogP contribution in [-0.2, 0) is 17.2 Å². The molecule has 9 heteroatoms. The Bertz CT molecular complexity index is 1030. The van der Waals surface area contributed by atoms with Crippen molar-refractivity contribution in [3.05, 3.63) is 29.3 Å². The lowest BCUT2D eigenvalue weighted by Gasteiger charge is -2.54. The fourth-order valence-corrected chi connectivity index (χ4v) is 9.58. The van der Waals surface area contributed by atoms with Gasteiger partial charge in [-0.15, -0.1) is 0 Å². The maximum atomic E-state index is 13.0. The standard InChI is InChI=1S/C32H47F5O3S/c1-30-21-23(29-25-14-12-24(38)20-22(25)11-13-26(29)27(30)15-16-28(30)39)10-7-5-3-2-4-6-8-18-41(40)19-9-17-31(33,34)32(35,36)37/h12,14,20,23,26-29,38-39H,2-11,13,15-19,21H2,1H3/t23-,26-,27-,28-,29+,30-,41?/m0/s1. The summed E-state index contributed by atoms with van der Waals surface area (Å²) in [5, 5.41) is 21.0. The van der Waals surface area contributed by atoms with E-state index in [2.05, 4.69) is 13.0 Å². The lowest BCUT2D eigenvalue weighted by Crippen LogP contribution is -2.47. The molecule has 0 aliphatic heterocycles. The second-order valence-corrected chi connectivity index (χ2v) is 14.9. The highest BCUT2D eigenvalue weighted by molar-refractivity contribution is 7.84. The summed E-state index contributed by atoms with van der Waals surface area (Å²) >= 11 is 0. The van der Waals surface area contributed by atoms with Gasteiger partial charge in [0.2, 0.25) is 0 Å². The van der Waals surface area contributed by atoms with Crippen LogP contribution in [0.5, 0.6) is 5.75 Å². The Labute approximate surface area is 244 Å². The zero-order valence-electron chi connectivity index (χ0n) is 24.2. The van der Waals surface area contributed by atoms with Crippen molar-refractivity contribution in [3.8, 4) is 5.75 Å². The Kier molecular flexibility index (Phi) is 10.8. The van der Waals surface area contributed by atoms with Gasteiger partial charge in [0, 0.05) is 28.7 Å². The molecule has 0 amide bonds. The molecule has 0 radical (unpaired) electrons. The molecule has 0 aromatic heterocycles. The number of alkyl halides is 5. The van der Waals surface area contributed by atoms with Crippen molar-refractivity contribution < 1.29 is 36.4 Å². The fourth-order valence-electron chi connectivity index (χ4n) is 8.38. The number of aliphatic hydroxyl groups excluding tert-OH is 1. The van der Waals surface area contributed by atoms with Crippen molar-refractivity contribution in [1.82, 2.24) is 0 Å². The van der Waals surface area contributed by atoms with Crippen molar-refractivity contribution in [2.45, 2.75) is 127 Å². The molecule has 0 heterocycles. The molecule has 2 saturated carbocycles. The third kappa shape index (κ3) is 7.66. The second-order valence-electron chi connectivity index (χ2n) is 13.2. The highest BCUT2D eigenvalue weighted by Gasteiger charge is 2.58. The van der Waals surface area contributed by atoms with E-state index in [0.717, 1.165) is 77.0 Å². The first-order chi connectivity index (χ1) is 19.3. The Balaban J connectivity index is 1.16. The molecular weight excluding hydrogens is 559 g/mol. The SMILES string of the molecule is C[C@]12C[C@H](CCCCCCCCCS(=O)CCCC(F)(F)C(F)(F)F)[C@@H]3c4ccc(O)cc4CC[C@H]3[C@@H]1CC[C@@H]2O. The molecule has 0 saturated heterocycles. The van der Waals surface area contributed by atoms with Gasteiger partial charge in [-0.2, -0.15) is 22.0 Å². The molecule has 1 aromatic rings. The van der Waals surface area contributed by atoms with Crippen LogP contribution in [0.25, 0.3) is 0 Å². The molecule has 3 aliphatic rings. The van der Waals surface area contributed by atoms with E-state index in [0.29, 0.717) is 41.6 Å². The van der Waals surface area contributed by atoms with E-state index in [9.17, 15) is 36.4 Å². The number of benzene rings is 1. The number of phenolic OH excluding ortho intramolecular Hbond substituents is 1. The van der Waals surface area contributed by atoms with E-state index >= 15 is 0 Å². The third-order valence-electron chi connectivity index (χ3n) is 10.5. The summed E-state index contributed by atoms with van der Waals surface area (Å²) in [7, 11) is -1.36.